The summed E-state index contributed by atoms with van der Waals surface area (Å²) < 4.78 is 30.6. The number of hydrogen-bond donors (Lipinski definition) is 2. The van der Waals surface area contributed by atoms with Crippen LogP contribution in [0.3, 0.4) is 0 Å². The van der Waals surface area contributed by atoms with Crippen molar-refractivity contribution in [3.63, 3.8) is 0 Å². The molecule has 0 bridgehead atoms. The Hall–Kier alpha value is -3.07. The van der Waals surface area contributed by atoms with Crippen LogP contribution in [0.5, 0.6) is 0 Å². The van der Waals surface area contributed by atoms with E-state index in [2.05, 4.69) is 111 Å². The summed E-state index contributed by atoms with van der Waals surface area (Å²) in [6.45, 7) is 6.83. The minimum atomic E-state index is -4.46. The standard InChI is InChI=1S/C65H115N2O7P/c1-7-10-13-16-19-22-25-28-30-32-33-34-35-36-38-40-43-46-49-52-55-58-65(69)74-63(56-53-50-47-44-41-27-24-21-18-15-12-9-3)62(61-73-75(70,71)72-60-59-67(4,5)6)66-64(68)57-54-51-48-45-42-39-37-31-29-26-23-20-17-14-11-8-2/h11,14,19-20,22-23,28-31,33-34,39,42,53,56,62-63H,7-10,12-13,15-18,21,24-27,32,35-38,40-41,43-52,54-55,57-61H2,1-6H3,(H-,66,68,70,71)/p+1/b14-11+,22-19-,23-20+,30-28-,31-29+,34-33-,42-39+,56-53+. The first-order valence-electron chi connectivity index (χ1n) is 30.6. The number of nitrogens with zero attached hydrogens (tertiary/aromatic N) is 1. The molecular weight excluding hydrogens is 952 g/mol. The molecule has 3 unspecified atom stereocenters. The first-order valence-corrected chi connectivity index (χ1v) is 32.1. The van der Waals surface area contributed by atoms with Gasteiger partial charge in [0.05, 0.1) is 33.8 Å². The van der Waals surface area contributed by atoms with Gasteiger partial charge in [-0.2, -0.15) is 0 Å². The fourth-order valence-electron chi connectivity index (χ4n) is 8.29. The Labute approximate surface area is 462 Å². The number of phosphoric ester groups is 1. The second-order valence-electron chi connectivity index (χ2n) is 21.5. The monoisotopic (exact) mass is 1070 g/mol. The maximum atomic E-state index is 13.5. The van der Waals surface area contributed by atoms with Crippen molar-refractivity contribution < 1.29 is 37.3 Å². The van der Waals surface area contributed by atoms with Crippen LogP contribution in [0, 0.1) is 0 Å². The van der Waals surface area contributed by atoms with Crippen molar-refractivity contribution in [2.45, 2.75) is 264 Å². The zero-order chi connectivity index (χ0) is 55.0. The highest BCUT2D eigenvalue weighted by Gasteiger charge is 2.30. The second kappa shape index (κ2) is 54.3. The van der Waals surface area contributed by atoms with E-state index >= 15 is 0 Å². The van der Waals surface area contributed by atoms with Crippen LogP contribution in [0.25, 0.3) is 0 Å². The van der Waals surface area contributed by atoms with E-state index in [1.807, 2.05) is 33.3 Å². The number of rotatable bonds is 54. The quantitative estimate of drug-likeness (QED) is 0.0205. The Morgan fingerprint density at radius 1 is 0.480 bits per heavy atom. The highest BCUT2D eigenvalue weighted by molar-refractivity contribution is 7.47. The molecule has 0 saturated carbocycles. The molecule has 3 atom stereocenters. The molecule has 0 aliphatic carbocycles. The minimum absolute atomic E-state index is 0.0280. The molecule has 0 aliphatic heterocycles. The van der Waals surface area contributed by atoms with Gasteiger partial charge in [-0.25, -0.2) is 4.57 Å². The van der Waals surface area contributed by atoms with E-state index in [0.29, 0.717) is 17.4 Å². The van der Waals surface area contributed by atoms with Crippen molar-refractivity contribution in [3.05, 3.63) is 97.2 Å². The smallest absolute Gasteiger partial charge is 0.456 e. The molecule has 0 aromatic carbocycles. The fraction of sp³-hybridized carbons (Fsp3) is 0.723. The highest BCUT2D eigenvalue weighted by Crippen LogP contribution is 2.43. The number of nitrogens with one attached hydrogen (secondary N) is 1. The summed E-state index contributed by atoms with van der Waals surface area (Å²) in [4.78, 5) is 37.7. The topological polar surface area (TPSA) is 111 Å². The number of phosphoric acid groups is 1. The maximum absolute atomic E-state index is 13.5. The molecule has 0 aromatic rings. The Bertz CT molecular complexity index is 1610. The molecular formula is C65H116N2O7P+. The number of amides is 1. The predicted octanol–water partition coefficient (Wildman–Crippen LogP) is 18.8. The number of carbonyl (C=O) groups excluding carboxylic acids is 2. The average Bonchev–Trinajstić information content (AvgIpc) is 3.37. The third kappa shape index (κ3) is 55.5. The number of hydrogen-bond acceptors (Lipinski definition) is 6. The number of allylic oxidation sites excluding steroid dienone is 15. The van der Waals surface area contributed by atoms with Crippen molar-refractivity contribution in [1.82, 2.24) is 5.32 Å². The summed E-state index contributed by atoms with van der Waals surface area (Å²) >= 11 is 0. The molecule has 0 aromatic heterocycles. The molecule has 0 saturated heterocycles. The van der Waals surface area contributed by atoms with Gasteiger partial charge in [0.1, 0.15) is 19.3 Å². The average molecular weight is 1070 g/mol. The van der Waals surface area contributed by atoms with Gasteiger partial charge >= 0.3 is 13.8 Å². The predicted molar refractivity (Wildman–Crippen MR) is 323 cm³/mol. The summed E-state index contributed by atoms with van der Waals surface area (Å²) in [5.41, 5.74) is 0. The molecule has 9 nitrogen and oxygen atoms in total. The van der Waals surface area contributed by atoms with Gasteiger partial charge in [0.15, 0.2) is 0 Å². The molecule has 0 aliphatic rings. The lowest BCUT2D eigenvalue weighted by molar-refractivity contribution is -0.870. The van der Waals surface area contributed by atoms with Crippen molar-refractivity contribution in [1.29, 1.82) is 0 Å². The summed E-state index contributed by atoms with van der Waals surface area (Å²) in [5, 5.41) is 3.03. The molecule has 0 spiro atoms. The summed E-state index contributed by atoms with van der Waals surface area (Å²) in [6.07, 6.45) is 72.6. The van der Waals surface area contributed by atoms with Gasteiger partial charge in [-0.05, 0) is 109 Å². The van der Waals surface area contributed by atoms with Crippen LogP contribution in [0.4, 0.5) is 0 Å². The first-order chi connectivity index (χ1) is 36.4. The van der Waals surface area contributed by atoms with E-state index in [1.54, 1.807) is 0 Å². The van der Waals surface area contributed by atoms with Crippen LogP contribution < -0.4 is 5.32 Å². The lowest BCUT2D eigenvalue weighted by Crippen LogP contribution is -2.47. The largest absolute Gasteiger partial charge is 0.472 e. The minimum Gasteiger partial charge on any atom is -0.456 e. The van der Waals surface area contributed by atoms with E-state index < -0.39 is 20.0 Å². The SMILES string of the molecule is CC/C=C/C/C=C/C/C=C/C/C=C/CCCCCC(=O)NC(COP(=O)(O)OCC[N+](C)(C)C)C(/C=C/CCCCCCCCCCCC)OC(=O)CCCCCCCCCC/C=C\C/C=C\C/C=C\CCCCC. The lowest BCUT2D eigenvalue weighted by Gasteiger charge is -2.27. The molecule has 0 radical (unpaired) electrons. The molecule has 1 amide bonds. The number of likely N-dealkylation sites (N-methyl/N-ethyl adjacent to an activating group) is 1. The highest BCUT2D eigenvalue weighted by atomic mass is 31.2. The van der Waals surface area contributed by atoms with Crippen LogP contribution in [0.1, 0.15) is 252 Å². The number of quaternary nitrogens is 1. The maximum Gasteiger partial charge on any atom is 0.472 e. The third-order valence-corrected chi connectivity index (χ3v) is 14.0. The van der Waals surface area contributed by atoms with E-state index in [-0.39, 0.29) is 37.9 Å². The van der Waals surface area contributed by atoms with Crippen LogP contribution >= 0.6 is 7.82 Å². The van der Waals surface area contributed by atoms with Crippen molar-refractivity contribution in [2.75, 3.05) is 40.9 Å². The van der Waals surface area contributed by atoms with Gasteiger partial charge in [-0.1, -0.05) is 227 Å². The van der Waals surface area contributed by atoms with Gasteiger partial charge in [0, 0.05) is 12.8 Å². The van der Waals surface area contributed by atoms with Gasteiger partial charge in [0.25, 0.3) is 0 Å². The molecule has 2 N–H and O–H groups in total. The summed E-state index contributed by atoms with van der Waals surface area (Å²) in [5.74, 6) is -0.554. The van der Waals surface area contributed by atoms with Gasteiger partial charge in [0.2, 0.25) is 5.91 Å². The Morgan fingerprint density at radius 2 is 0.853 bits per heavy atom. The van der Waals surface area contributed by atoms with Crippen LogP contribution in [0.2, 0.25) is 0 Å². The summed E-state index contributed by atoms with van der Waals surface area (Å²) in [6, 6.07) is -0.873. The van der Waals surface area contributed by atoms with Crippen LogP contribution in [-0.2, 0) is 27.9 Å². The van der Waals surface area contributed by atoms with E-state index in [4.69, 9.17) is 13.8 Å². The second-order valence-corrected chi connectivity index (χ2v) is 22.9. The zero-order valence-electron chi connectivity index (χ0n) is 49.3. The van der Waals surface area contributed by atoms with Crippen molar-refractivity contribution in [3.8, 4) is 0 Å². The summed E-state index contributed by atoms with van der Waals surface area (Å²) in [7, 11) is 1.46. The third-order valence-electron chi connectivity index (χ3n) is 13.0. The molecule has 75 heavy (non-hydrogen) atoms. The Morgan fingerprint density at radius 3 is 1.32 bits per heavy atom. The van der Waals surface area contributed by atoms with Gasteiger partial charge in [-0.3, -0.25) is 18.6 Å². The number of unbranched alkanes of at least 4 members (excludes halogenated alkanes) is 24. The normalized spacial score (nSPS) is 14.4. The molecule has 432 valence electrons. The molecule has 0 fully saturated rings. The van der Waals surface area contributed by atoms with Crippen LogP contribution in [-0.4, -0.2) is 74.3 Å². The Balaban J connectivity index is 5.32. The number of esters is 1. The lowest BCUT2D eigenvalue weighted by atomic mass is 10.0. The number of ether oxygens (including phenoxy) is 1. The van der Waals surface area contributed by atoms with E-state index in [1.165, 1.54) is 103 Å². The molecule has 10 heteroatoms. The fourth-order valence-corrected chi connectivity index (χ4v) is 9.03. The van der Waals surface area contributed by atoms with E-state index in [0.717, 1.165) is 109 Å². The van der Waals surface area contributed by atoms with Crippen molar-refractivity contribution in [2.24, 2.45) is 0 Å². The molecule has 0 heterocycles. The zero-order valence-corrected chi connectivity index (χ0v) is 50.2. The number of carbonyl (C=O) groups is 2. The van der Waals surface area contributed by atoms with Gasteiger partial charge < -0.3 is 19.4 Å². The van der Waals surface area contributed by atoms with Crippen molar-refractivity contribution >= 4 is 19.7 Å². The van der Waals surface area contributed by atoms with E-state index in [9.17, 15) is 19.0 Å². The first kappa shape index (κ1) is 71.9. The molecule has 0 rings (SSSR count). The van der Waals surface area contributed by atoms with Crippen LogP contribution in [0.15, 0.2) is 97.2 Å². The van der Waals surface area contributed by atoms with Gasteiger partial charge in [-0.15, -0.1) is 0 Å². The Kier molecular flexibility index (Phi) is 52.1.